The minimum Gasteiger partial charge on any atom is -0.545 e. The van der Waals surface area contributed by atoms with Crippen LogP contribution in [0.5, 0.6) is 0 Å². The number of nitrogens with zero attached hydrogens (tertiary/aromatic N) is 1. The van der Waals surface area contributed by atoms with Gasteiger partial charge in [-0.3, -0.25) is 9.69 Å². The number of anilines is 1. The number of hydrogen-bond acceptors (Lipinski definition) is 5. The quantitative estimate of drug-likeness (QED) is 0.615. The highest BCUT2D eigenvalue weighted by Gasteiger charge is 2.32. The number of amides is 1. The minimum atomic E-state index is -1.30. The lowest BCUT2D eigenvalue weighted by Gasteiger charge is -2.15. The average Bonchev–Trinajstić information content (AvgIpc) is 2.90. The number of allylic oxidation sites excluding steroid dienone is 2. The predicted octanol–water partition coefficient (Wildman–Crippen LogP) is 3.01. The molecule has 1 aliphatic rings. The summed E-state index contributed by atoms with van der Waals surface area (Å²) in [7, 11) is 0. The number of carboxylic acids is 1. The Balaban J connectivity index is 1.83. The van der Waals surface area contributed by atoms with Crippen molar-refractivity contribution < 1.29 is 14.7 Å². The van der Waals surface area contributed by atoms with Crippen molar-refractivity contribution in [1.29, 1.82) is 0 Å². The first-order valence-electron chi connectivity index (χ1n) is 7.37. The van der Waals surface area contributed by atoms with E-state index in [1.54, 1.807) is 24.3 Å². The van der Waals surface area contributed by atoms with Crippen LogP contribution in [0.3, 0.4) is 0 Å². The van der Waals surface area contributed by atoms with Crippen LogP contribution < -0.4 is 10.0 Å². The Kier molecular flexibility index (Phi) is 5.11. The second-order valence-electron chi connectivity index (χ2n) is 5.15. The van der Waals surface area contributed by atoms with Gasteiger partial charge in [-0.1, -0.05) is 78.6 Å². The average molecular weight is 366 g/mol. The molecule has 2 aromatic rings. The molecule has 25 heavy (non-hydrogen) atoms. The van der Waals surface area contributed by atoms with Crippen LogP contribution in [0.4, 0.5) is 5.69 Å². The van der Waals surface area contributed by atoms with Gasteiger partial charge in [-0.05, 0) is 29.3 Å². The Labute approximate surface area is 154 Å². The summed E-state index contributed by atoms with van der Waals surface area (Å²) >= 11 is 6.45. The number of rotatable bonds is 4. The van der Waals surface area contributed by atoms with Gasteiger partial charge in [0, 0.05) is 0 Å². The molecule has 1 aliphatic heterocycles. The van der Waals surface area contributed by atoms with Crippen LogP contribution in [0.15, 0.2) is 71.7 Å². The van der Waals surface area contributed by atoms with Gasteiger partial charge in [-0.2, -0.15) is 0 Å². The molecule has 0 aliphatic carbocycles. The lowest BCUT2D eigenvalue weighted by atomic mass is 10.2. The Morgan fingerprint density at radius 1 is 1.12 bits per heavy atom. The van der Waals surface area contributed by atoms with Crippen LogP contribution in [-0.4, -0.2) is 16.2 Å². The molecule has 0 radical (unpaired) electrons. The van der Waals surface area contributed by atoms with E-state index in [4.69, 9.17) is 12.2 Å². The van der Waals surface area contributed by atoms with E-state index < -0.39 is 5.97 Å². The number of carbonyl (C=O) groups excluding carboxylic acids is 2. The van der Waals surface area contributed by atoms with E-state index in [2.05, 4.69) is 0 Å². The van der Waals surface area contributed by atoms with Crippen LogP contribution in [0.1, 0.15) is 15.9 Å². The monoisotopic (exact) mass is 366 g/mol. The van der Waals surface area contributed by atoms with E-state index in [9.17, 15) is 14.7 Å². The lowest BCUT2D eigenvalue weighted by molar-refractivity contribution is -0.255. The van der Waals surface area contributed by atoms with Crippen molar-refractivity contribution in [3.63, 3.8) is 0 Å². The van der Waals surface area contributed by atoms with Crippen molar-refractivity contribution in [3.05, 3.63) is 82.8 Å². The third-order valence-electron chi connectivity index (χ3n) is 3.47. The van der Waals surface area contributed by atoms with Crippen LogP contribution in [0.25, 0.3) is 6.08 Å². The minimum absolute atomic E-state index is 0.000460. The van der Waals surface area contributed by atoms with E-state index >= 15 is 0 Å². The van der Waals surface area contributed by atoms with Crippen molar-refractivity contribution in [2.75, 3.05) is 4.90 Å². The zero-order chi connectivity index (χ0) is 17.8. The number of carbonyl (C=O) groups is 2. The Hall–Kier alpha value is -2.70. The Bertz CT molecular complexity index is 904. The first-order chi connectivity index (χ1) is 12.1. The first kappa shape index (κ1) is 17.1. The number of hydrogen-bond donors (Lipinski definition) is 0. The summed E-state index contributed by atoms with van der Waals surface area (Å²) in [4.78, 5) is 25.4. The lowest BCUT2D eigenvalue weighted by Crippen LogP contribution is -2.28. The van der Waals surface area contributed by atoms with E-state index in [1.165, 1.54) is 28.8 Å². The molecule has 1 heterocycles. The van der Waals surface area contributed by atoms with Gasteiger partial charge in [-0.25, -0.2) is 0 Å². The van der Waals surface area contributed by atoms with E-state index in [-0.39, 0.29) is 11.5 Å². The van der Waals surface area contributed by atoms with Crippen molar-refractivity contribution >= 4 is 51.9 Å². The van der Waals surface area contributed by atoms with E-state index in [0.717, 1.165) is 5.56 Å². The highest BCUT2D eigenvalue weighted by atomic mass is 32.2. The van der Waals surface area contributed by atoms with Gasteiger partial charge >= 0.3 is 0 Å². The summed E-state index contributed by atoms with van der Waals surface area (Å²) in [5, 5.41) is 11.0. The van der Waals surface area contributed by atoms with E-state index in [1.807, 2.05) is 36.4 Å². The molecule has 1 amide bonds. The zero-order valence-electron chi connectivity index (χ0n) is 12.9. The molecule has 1 saturated heterocycles. The van der Waals surface area contributed by atoms with Crippen molar-refractivity contribution in [3.8, 4) is 0 Å². The summed E-state index contributed by atoms with van der Waals surface area (Å²) in [6, 6.07) is 15.7. The third kappa shape index (κ3) is 3.87. The highest BCUT2D eigenvalue weighted by molar-refractivity contribution is 8.27. The molecule has 4 nitrogen and oxygen atoms in total. The molecule has 1 fully saturated rings. The molecule has 6 heteroatoms. The van der Waals surface area contributed by atoms with Crippen LogP contribution >= 0.6 is 24.0 Å². The largest absolute Gasteiger partial charge is 0.545 e. The Morgan fingerprint density at radius 2 is 1.88 bits per heavy atom. The normalized spacial score (nSPS) is 16.2. The van der Waals surface area contributed by atoms with Gasteiger partial charge in [0.15, 0.2) is 4.32 Å². The van der Waals surface area contributed by atoms with Gasteiger partial charge in [-0.15, -0.1) is 0 Å². The van der Waals surface area contributed by atoms with Gasteiger partial charge in [0.1, 0.15) is 0 Å². The molecular formula is C19H12NO3S2-. The second kappa shape index (κ2) is 7.46. The highest BCUT2D eigenvalue weighted by Crippen LogP contribution is 2.35. The molecule has 0 bridgehead atoms. The molecule has 3 rings (SSSR count). The Morgan fingerprint density at radius 3 is 2.60 bits per heavy atom. The van der Waals surface area contributed by atoms with Gasteiger partial charge in [0.25, 0.3) is 5.91 Å². The zero-order valence-corrected chi connectivity index (χ0v) is 14.5. The van der Waals surface area contributed by atoms with Crippen molar-refractivity contribution in [1.82, 2.24) is 0 Å². The molecule has 0 N–H and O–H groups in total. The SMILES string of the molecule is O=C([O-])c1cccc(N2C(=O)/C(=C\C=C\c3ccccc3)SC2=S)c1. The number of thiocarbonyl (C=S) groups is 1. The fraction of sp³-hybridized carbons (Fsp3) is 0. The summed E-state index contributed by atoms with van der Waals surface area (Å²) in [6.07, 6.45) is 5.39. The number of carboxylic acid groups (broad SMARTS) is 1. The van der Waals surface area contributed by atoms with Crippen LogP contribution in [0.2, 0.25) is 0 Å². The predicted molar refractivity (Wildman–Crippen MR) is 102 cm³/mol. The summed E-state index contributed by atoms with van der Waals surface area (Å²) < 4.78 is 0.361. The number of benzene rings is 2. The van der Waals surface area contributed by atoms with Gasteiger partial charge < -0.3 is 9.90 Å². The number of thioether (sulfide) groups is 1. The summed E-state index contributed by atoms with van der Waals surface area (Å²) in [5.41, 5.74) is 1.44. The van der Waals surface area contributed by atoms with Crippen LogP contribution in [-0.2, 0) is 4.79 Å². The van der Waals surface area contributed by atoms with E-state index in [0.29, 0.717) is 14.9 Å². The van der Waals surface area contributed by atoms with Crippen molar-refractivity contribution in [2.45, 2.75) is 0 Å². The maximum Gasteiger partial charge on any atom is 0.270 e. The molecule has 0 saturated carbocycles. The van der Waals surface area contributed by atoms with Crippen LogP contribution in [0, 0.1) is 0 Å². The maximum atomic E-state index is 12.6. The molecular weight excluding hydrogens is 354 g/mol. The summed E-state index contributed by atoms with van der Waals surface area (Å²) in [5.74, 6) is -1.57. The fourth-order valence-corrected chi connectivity index (χ4v) is 3.54. The molecule has 0 atom stereocenters. The summed E-state index contributed by atoms with van der Waals surface area (Å²) in [6.45, 7) is 0. The second-order valence-corrected chi connectivity index (χ2v) is 6.82. The smallest absolute Gasteiger partial charge is 0.270 e. The standard InChI is InChI=1S/C19H13NO3S2/c21-17-16(11-4-8-13-6-2-1-3-7-13)25-19(24)20(17)15-10-5-9-14(12-15)18(22)23/h1-12H,(H,22,23)/p-1/b8-4+,16-11+. The fourth-order valence-electron chi connectivity index (χ4n) is 2.29. The molecule has 124 valence electrons. The topological polar surface area (TPSA) is 60.4 Å². The first-order valence-corrected chi connectivity index (χ1v) is 8.60. The molecule has 0 spiro atoms. The molecule has 2 aromatic carbocycles. The third-order valence-corrected chi connectivity index (χ3v) is 4.79. The van der Waals surface area contributed by atoms with Gasteiger partial charge in [0.05, 0.1) is 16.6 Å². The maximum absolute atomic E-state index is 12.6. The van der Waals surface area contributed by atoms with Crippen molar-refractivity contribution in [2.24, 2.45) is 0 Å². The molecule has 0 aromatic heterocycles. The number of aromatic carboxylic acids is 1. The van der Waals surface area contributed by atoms with Gasteiger partial charge in [0.2, 0.25) is 0 Å². The molecule has 0 unspecified atom stereocenters.